The van der Waals surface area contributed by atoms with Gasteiger partial charge < -0.3 is 9.47 Å². The molecule has 4 nitrogen and oxygen atoms in total. The molecular formula is C22H24FN3O. The largest absolute Gasteiger partial charge is 0.331 e. The lowest BCUT2D eigenvalue weighted by molar-refractivity contribution is 0.0716. The summed E-state index contributed by atoms with van der Waals surface area (Å²) < 4.78 is 15.2. The normalized spacial score (nSPS) is 11.0. The lowest BCUT2D eigenvalue weighted by Crippen LogP contribution is -2.34. The highest BCUT2D eigenvalue weighted by Gasteiger charge is 2.19. The first-order chi connectivity index (χ1) is 13.0. The van der Waals surface area contributed by atoms with Crippen molar-refractivity contribution in [1.29, 1.82) is 0 Å². The van der Waals surface area contributed by atoms with Crippen molar-refractivity contribution >= 4 is 5.91 Å². The van der Waals surface area contributed by atoms with Crippen LogP contribution in [0.1, 0.15) is 35.6 Å². The van der Waals surface area contributed by atoms with Crippen LogP contribution in [-0.2, 0) is 13.1 Å². The summed E-state index contributed by atoms with van der Waals surface area (Å²) in [5.74, 6) is 0.681. The summed E-state index contributed by atoms with van der Waals surface area (Å²) in [6.45, 7) is 5.86. The minimum atomic E-state index is -0.347. The van der Waals surface area contributed by atoms with Crippen LogP contribution in [0.15, 0.2) is 67.0 Å². The minimum Gasteiger partial charge on any atom is -0.331 e. The Hall–Kier alpha value is -2.95. The third-order valence-electron chi connectivity index (χ3n) is 4.29. The summed E-state index contributed by atoms with van der Waals surface area (Å²) in [5.41, 5.74) is 1.66. The molecule has 3 aromatic rings. The standard InChI is InChI=1S/C22H24FN3O/c1-17(2)14-26(22(27)19-8-10-20(23)11-9-19)16-21-24-12-13-25(21)15-18-6-4-3-5-7-18/h3-13,17H,14-16H2,1-2H3. The molecular weight excluding hydrogens is 341 g/mol. The predicted molar refractivity (Wildman–Crippen MR) is 104 cm³/mol. The average Bonchev–Trinajstić information content (AvgIpc) is 3.08. The number of imidazole rings is 1. The van der Waals surface area contributed by atoms with Gasteiger partial charge in [0.15, 0.2) is 0 Å². The summed E-state index contributed by atoms with van der Waals surface area (Å²) in [6, 6.07) is 15.8. The van der Waals surface area contributed by atoms with Crippen LogP contribution in [0.3, 0.4) is 0 Å². The van der Waals surface area contributed by atoms with Gasteiger partial charge in [-0.25, -0.2) is 9.37 Å². The second kappa shape index (κ2) is 8.62. The van der Waals surface area contributed by atoms with Crippen LogP contribution in [0.5, 0.6) is 0 Å². The molecule has 1 heterocycles. The summed E-state index contributed by atoms with van der Waals surface area (Å²) in [4.78, 5) is 19.2. The molecule has 0 aliphatic rings. The molecule has 1 amide bonds. The summed E-state index contributed by atoms with van der Waals surface area (Å²) >= 11 is 0. The molecule has 0 aliphatic carbocycles. The van der Waals surface area contributed by atoms with Crippen molar-refractivity contribution in [2.24, 2.45) is 5.92 Å². The Morgan fingerprint density at radius 2 is 1.81 bits per heavy atom. The number of carbonyl (C=O) groups is 1. The van der Waals surface area contributed by atoms with Gasteiger partial charge in [-0.15, -0.1) is 0 Å². The molecule has 0 atom stereocenters. The van der Waals surface area contributed by atoms with Crippen LogP contribution in [-0.4, -0.2) is 26.9 Å². The van der Waals surface area contributed by atoms with Gasteiger partial charge in [0.05, 0.1) is 6.54 Å². The van der Waals surface area contributed by atoms with Gasteiger partial charge in [0.2, 0.25) is 0 Å². The molecule has 5 heteroatoms. The number of rotatable bonds is 7. The van der Waals surface area contributed by atoms with Gasteiger partial charge in [0.1, 0.15) is 11.6 Å². The van der Waals surface area contributed by atoms with E-state index in [-0.39, 0.29) is 11.7 Å². The molecule has 1 aromatic heterocycles. The first-order valence-electron chi connectivity index (χ1n) is 9.11. The van der Waals surface area contributed by atoms with Gasteiger partial charge in [-0.3, -0.25) is 4.79 Å². The fourth-order valence-electron chi connectivity index (χ4n) is 3.02. The maximum absolute atomic E-state index is 13.2. The zero-order valence-electron chi connectivity index (χ0n) is 15.7. The number of amides is 1. The van der Waals surface area contributed by atoms with E-state index in [1.807, 2.05) is 24.4 Å². The smallest absolute Gasteiger partial charge is 0.254 e. The van der Waals surface area contributed by atoms with Crippen molar-refractivity contribution in [2.45, 2.75) is 26.9 Å². The van der Waals surface area contributed by atoms with Crippen molar-refractivity contribution in [1.82, 2.24) is 14.5 Å². The zero-order chi connectivity index (χ0) is 19.2. The minimum absolute atomic E-state index is 0.113. The number of halogens is 1. The number of aromatic nitrogens is 2. The molecule has 2 aromatic carbocycles. The summed E-state index contributed by atoms with van der Waals surface area (Å²) in [5, 5.41) is 0. The Morgan fingerprint density at radius 1 is 1.11 bits per heavy atom. The van der Waals surface area contributed by atoms with Crippen LogP contribution in [0.2, 0.25) is 0 Å². The van der Waals surface area contributed by atoms with Gasteiger partial charge in [0, 0.05) is 31.0 Å². The maximum Gasteiger partial charge on any atom is 0.254 e. The van der Waals surface area contributed by atoms with Gasteiger partial charge >= 0.3 is 0 Å². The van der Waals surface area contributed by atoms with Crippen LogP contribution in [0.4, 0.5) is 4.39 Å². The van der Waals surface area contributed by atoms with Crippen molar-refractivity contribution in [3.63, 3.8) is 0 Å². The van der Waals surface area contributed by atoms with Gasteiger partial charge in [0.25, 0.3) is 5.91 Å². The number of benzene rings is 2. The Labute approximate surface area is 159 Å². The lowest BCUT2D eigenvalue weighted by Gasteiger charge is -2.25. The fraction of sp³-hybridized carbons (Fsp3) is 0.273. The SMILES string of the molecule is CC(C)CN(Cc1nccn1Cc1ccccc1)C(=O)c1ccc(F)cc1. The van der Waals surface area contributed by atoms with E-state index < -0.39 is 0 Å². The van der Waals surface area contributed by atoms with Gasteiger partial charge in [-0.2, -0.15) is 0 Å². The highest BCUT2D eigenvalue weighted by molar-refractivity contribution is 5.94. The van der Waals surface area contributed by atoms with E-state index in [4.69, 9.17) is 0 Å². The molecule has 0 spiro atoms. The van der Waals surface area contributed by atoms with E-state index in [2.05, 4.69) is 35.5 Å². The fourth-order valence-corrected chi connectivity index (χ4v) is 3.02. The van der Waals surface area contributed by atoms with E-state index in [0.717, 1.165) is 5.82 Å². The van der Waals surface area contributed by atoms with E-state index >= 15 is 0 Å². The predicted octanol–water partition coefficient (Wildman–Crippen LogP) is 4.37. The molecule has 0 unspecified atom stereocenters. The average molecular weight is 365 g/mol. The molecule has 0 aliphatic heterocycles. The van der Waals surface area contributed by atoms with Crippen molar-refractivity contribution < 1.29 is 9.18 Å². The van der Waals surface area contributed by atoms with E-state index in [0.29, 0.717) is 31.1 Å². The lowest BCUT2D eigenvalue weighted by atomic mass is 10.1. The zero-order valence-corrected chi connectivity index (χ0v) is 15.7. The van der Waals surface area contributed by atoms with Gasteiger partial charge in [-0.05, 0) is 35.7 Å². The van der Waals surface area contributed by atoms with Crippen molar-refractivity contribution in [2.75, 3.05) is 6.54 Å². The Balaban J connectivity index is 1.80. The van der Waals surface area contributed by atoms with E-state index in [9.17, 15) is 9.18 Å². The van der Waals surface area contributed by atoms with Crippen LogP contribution >= 0.6 is 0 Å². The van der Waals surface area contributed by atoms with Crippen LogP contribution in [0.25, 0.3) is 0 Å². The number of carbonyl (C=O) groups excluding carboxylic acids is 1. The quantitative estimate of drug-likeness (QED) is 0.624. The van der Waals surface area contributed by atoms with Gasteiger partial charge in [-0.1, -0.05) is 44.2 Å². The molecule has 0 saturated heterocycles. The summed E-state index contributed by atoms with van der Waals surface area (Å²) in [7, 11) is 0. The molecule has 0 N–H and O–H groups in total. The van der Waals surface area contributed by atoms with E-state index in [1.54, 1.807) is 11.1 Å². The number of hydrogen-bond donors (Lipinski definition) is 0. The highest BCUT2D eigenvalue weighted by Crippen LogP contribution is 2.14. The van der Waals surface area contributed by atoms with Crippen molar-refractivity contribution in [3.8, 4) is 0 Å². The Kier molecular flexibility index (Phi) is 6.01. The van der Waals surface area contributed by atoms with Crippen LogP contribution < -0.4 is 0 Å². The number of hydrogen-bond acceptors (Lipinski definition) is 2. The van der Waals surface area contributed by atoms with Crippen molar-refractivity contribution in [3.05, 3.63) is 89.8 Å². The highest BCUT2D eigenvalue weighted by atomic mass is 19.1. The monoisotopic (exact) mass is 365 g/mol. The van der Waals surface area contributed by atoms with Crippen LogP contribution in [0, 0.1) is 11.7 Å². The molecule has 140 valence electrons. The Bertz CT molecular complexity index is 872. The molecule has 0 bridgehead atoms. The Morgan fingerprint density at radius 3 is 2.48 bits per heavy atom. The molecule has 0 radical (unpaired) electrons. The molecule has 0 saturated carbocycles. The second-order valence-electron chi connectivity index (χ2n) is 7.04. The molecule has 0 fully saturated rings. The first kappa shape index (κ1) is 18.8. The topological polar surface area (TPSA) is 38.1 Å². The second-order valence-corrected chi connectivity index (χ2v) is 7.04. The number of nitrogens with zero attached hydrogens (tertiary/aromatic N) is 3. The maximum atomic E-state index is 13.2. The van der Waals surface area contributed by atoms with E-state index in [1.165, 1.54) is 29.8 Å². The summed E-state index contributed by atoms with van der Waals surface area (Å²) in [6.07, 6.45) is 3.69. The first-order valence-corrected chi connectivity index (χ1v) is 9.11. The molecule has 27 heavy (non-hydrogen) atoms. The molecule has 3 rings (SSSR count). The third-order valence-corrected chi connectivity index (χ3v) is 4.29. The third kappa shape index (κ3) is 5.03.